The Morgan fingerprint density at radius 2 is 1.94 bits per heavy atom. The third kappa shape index (κ3) is 7.10. The van der Waals surface area contributed by atoms with Crippen molar-refractivity contribution < 1.29 is 24.2 Å². The number of ether oxygens (including phenoxy) is 2. The lowest BCUT2D eigenvalue weighted by Gasteiger charge is -2.39. The molecular formula is C26H32ClN3O5. The summed E-state index contributed by atoms with van der Waals surface area (Å²) in [6.07, 6.45) is 2.22. The molecule has 2 fully saturated rings. The molecule has 2 saturated heterocycles. The summed E-state index contributed by atoms with van der Waals surface area (Å²) in [4.78, 5) is 26.5. The minimum atomic E-state index is -0.925. The van der Waals surface area contributed by atoms with Crippen LogP contribution >= 0.6 is 11.6 Å². The van der Waals surface area contributed by atoms with E-state index in [0.717, 1.165) is 36.4 Å². The number of carbonyl (C=O) groups is 2. The highest BCUT2D eigenvalue weighted by atomic mass is 35.5. The zero-order chi connectivity index (χ0) is 24.8. The molecule has 3 amide bonds. The summed E-state index contributed by atoms with van der Waals surface area (Å²) < 4.78 is 11.7. The molecule has 2 aromatic rings. The Morgan fingerprint density at radius 1 is 1.14 bits per heavy atom. The van der Waals surface area contributed by atoms with Crippen LogP contribution in [-0.2, 0) is 11.3 Å². The topological polar surface area (TPSA) is 91.3 Å². The van der Waals surface area contributed by atoms with E-state index in [2.05, 4.69) is 10.2 Å². The monoisotopic (exact) mass is 501 g/mol. The Kier molecular flexibility index (Phi) is 8.15. The molecule has 2 N–H and O–H groups in total. The number of benzene rings is 2. The van der Waals surface area contributed by atoms with Crippen LogP contribution in [0, 0.1) is 6.92 Å². The van der Waals surface area contributed by atoms with Gasteiger partial charge in [0.2, 0.25) is 5.91 Å². The maximum Gasteiger partial charge on any atom is 0.324 e. The van der Waals surface area contributed by atoms with E-state index in [1.54, 1.807) is 0 Å². The van der Waals surface area contributed by atoms with Crippen LogP contribution in [0.3, 0.4) is 0 Å². The minimum Gasteiger partial charge on any atom is -0.494 e. The number of piperidine rings is 1. The van der Waals surface area contributed by atoms with Crippen molar-refractivity contribution in [3.8, 4) is 11.5 Å². The molecule has 2 aliphatic heterocycles. The van der Waals surface area contributed by atoms with Gasteiger partial charge in [0, 0.05) is 19.6 Å². The van der Waals surface area contributed by atoms with Gasteiger partial charge in [-0.05, 0) is 68.1 Å². The Balaban J connectivity index is 1.21. The molecule has 2 aliphatic rings. The zero-order valence-corrected chi connectivity index (χ0v) is 20.7. The van der Waals surface area contributed by atoms with Gasteiger partial charge in [-0.15, -0.1) is 0 Å². The van der Waals surface area contributed by atoms with Crippen LogP contribution in [0.15, 0.2) is 42.5 Å². The van der Waals surface area contributed by atoms with Gasteiger partial charge in [-0.25, -0.2) is 4.79 Å². The van der Waals surface area contributed by atoms with Crippen LogP contribution in [0.2, 0.25) is 5.02 Å². The number of hydrogen-bond donors (Lipinski definition) is 2. The quantitative estimate of drug-likeness (QED) is 0.383. The number of hydrogen-bond acceptors (Lipinski definition) is 6. The molecule has 2 aromatic carbocycles. The third-order valence-corrected chi connectivity index (χ3v) is 6.57. The number of halogens is 1. The number of carbonyl (C=O) groups excluding carboxylic acids is 2. The minimum absolute atomic E-state index is 0.116. The number of nitrogens with zero attached hydrogens (tertiary/aromatic N) is 2. The number of urea groups is 1. The van der Waals surface area contributed by atoms with E-state index in [-0.39, 0.29) is 25.1 Å². The van der Waals surface area contributed by atoms with Gasteiger partial charge in [0.25, 0.3) is 0 Å². The van der Waals surface area contributed by atoms with Crippen LogP contribution in [-0.4, -0.2) is 71.8 Å². The fraction of sp³-hybridized carbons (Fsp3) is 0.462. The van der Waals surface area contributed by atoms with Gasteiger partial charge in [0.05, 0.1) is 11.6 Å². The standard InChI is InChI=1S/C26H32ClN3O5/c1-19-4-9-22(27)23(14-19)35-18-26(33)10-2-11-29(17-26)15-20-5-7-21(8-6-20)34-13-3-12-30-16-24(31)28-25(30)32/h4-9,14,33H,2-3,10-13,15-18H2,1H3,(H,28,31,32). The fourth-order valence-electron chi connectivity index (χ4n) is 4.45. The SMILES string of the molecule is Cc1ccc(Cl)c(OCC2(O)CCCN(Cc3ccc(OCCCN4CC(=O)NC4=O)cc3)C2)c1. The van der Waals surface area contributed by atoms with Crippen molar-refractivity contribution in [2.45, 2.75) is 38.3 Å². The highest BCUT2D eigenvalue weighted by Gasteiger charge is 2.34. The van der Waals surface area contributed by atoms with Crippen molar-refractivity contribution in [3.05, 3.63) is 58.6 Å². The van der Waals surface area contributed by atoms with Crippen molar-refractivity contribution in [1.82, 2.24) is 15.1 Å². The largest absolute Gasteiger partial charge is 0.494 e. The van der Waals surface area contributed by atoms with Gasteiger partial charge in [0.1, 0.15) is 30.3 Å². The molecule has 0 spiro atoms. The maximum absolute atomic E-state index is 11.5. The molecular weight excluding hydrogens is 470 g/mol. The second-order valence-electron chi connectivity index (χ2n) is 9.38. The first kappa shape index (κ1) is 25.3. The number of likely N-dealkylation sites (tertiary alicyclic amines) is 1. The number of aliphatic hydroxyl groups is 1. The molecule has 188 valence electrons. The van der Waals surface area contributed by atoms with Gasteiger partial charge in [-0.2, -0.15) is 0 Å². The molecule has 0 bridgehead atoms. The van der Waals surface area contributed by atoms with Crippen molar-refractivity contribution in [3.63, 3.8) is 0 Å². The molecule has 2 heterocycles. The number of rotatable bonds is 10. The average Bonchev–Trinajstić information content (AvgIpc) is 3.15. The summed E-state index contributed by atoms with van der Waals surface area (Å²) in [6.45, 7) is 5.41. The predicted octanol–water partition coefficient (Wildman–Crippen LogP) is 3.38. The lowest BCUT2D eigenvalue weighted by atomic mass is 9.93. The highest BCUT2D eigenvalue weighted by molar-refractivity contribution is 6.32. The molecule has 1 unspecified atom stereocenters. The van der Waals surface area contributed by atoms with Crippen molar-refractivity contribution in [2.75, 3.05) is 39.4 Å². The molecule has 9 heteroatoms. The number of β-amino-alcohol motifs (C(OH)–C–C–N with tert-alkyl or cyclic N) is 1. The zero-order valence-electron chi connectivity index (χ0n) is 20.0. The maximum atomic E-state index is 11.5. The molecule has 8 nitrogen and oxygen atoms in total. The fourth-order valence-corrected chi connectivity index (χ4v) is 4.62. The molecule has 35 heavy (non-hydrogen) atoms. The van der Waals surface area contributed by atoms with Gasteiger partial charge in [0.15, 0.2) is 0 Å². The number of imide groups is 1. The summed E-state index contributed by atoms with van der Waals surface area (Å²) in [7, 11) is 0. The van der Waals surface area contributed by atoms with Crippen molar-refractivity contribution >= 4 is 23.5 Å². The molecule has 4 rings (SSSR count). The van der Waals surface area contributed by atoms with Crippen LogP contribution in [0.1, 0.15) is 30.4 Å². The van der Waals surface area contributed by atoms with E-state index in [1.807, 2.05) is 49.4 Å². The number of amides is 3. The first-order valence-electron chi connectivity index (χ1n) is 11.9. The molecule has 0 aliphatic carbocycles. The average molecular weight is 502 g/mol. The third-order valence-electron chi connectivity index (χ3n) is 6.26. The Bertz CT molecular complexity index is 1050. The predicted molar refractivity (Wildman–Crippen MR) is 133 cm³/mol. The summed E-state index contributed by atoms with van der Waals surface area (Å²) in [6, 6.07) is 13.2. The highest BCUT2D eigenvalue weighted by Crippen LogP contribution is 2.29. The van der Waals surface area contributed by atoms with Crippen LogP contribution < -0.4 is 14.8 Å². The van der Waals surface area contributed by atoms with Crippen LogP contribution in [0.4, 0.5) is 4.79 Å². The lowest BCUT2D eigenvalue weighted by Crippen LogP contribution is -2.51. The molecule has 0 saturated carbocycles. The number of nitrogens with one attached hydrogen (secondary N) is 1. The van der Waals surface area contributed by atoms with E-state index in [4.69, 9.17) is 21.1 Å². The Labute approximate surface area is 210 Å². The second kappa shape index (κ2) is 11.3. The van der Waals surface area contributed by atoms with E-state index < -0.39 is 5.60 Å². The molecule has 0 aromatic heterocycles. The van der Waals surface area contributed by atoms with Gasteiger partial charge in [-0.3, -0.25) is 15.0 Å². The van der Waals surface area contributed by atoms with Crippen LogP contribution in [0.25, 0.3) is 0 Å². The van der Waals surface area contributed by atoms with Gasteiger partial charge < -0.3 is 19.5 Å². The Morgan fingerprint density at radius 3 is 2.69 bits per heavy atom. The van der Waals surface area contributed by atoms with E-state index in [0.29, 0.717) is 43.3 Å². The van der Waals surface area contributed by atoms with E-state index >= 15 is 0 Å². The van der Waals surface area contributed by atoms with E-state index in [1.165, 1.54) is 4.90 Å². The Hall–Kier alpha value is -2.81. The van der Waals surface area contributed by atoms with Crippen molar-refractivity contribution in [2.24, 2.45) is 0 Å². The van der Waals surface area contributed by atoms with Gasteiger partial charge in [-0.1, -0.05) is 29.8 Å². The smallest absolute Gasteiger partial charge is 0.324 e. The molecule has 0 radical (unpaired) electrons. The summed E-state index contributed by atoms with van der Waals surface area (Å²) in [5.74, 6) is 1.10. The molecule has 1 atom stereocenters. The van der Waals surface area contributed by atoms with Gasteiger partial charge >= 0.3 is 6.03 Å². The first-order chi connectivity index (χ1) is 16.8. The first-order valence-corrected chi connectivity index (χ1v) is 12.3. The second-order valence-corrected chi connectivity index (χ2v) is 9.79. The summed E-state index contributed by atoms with van der Waals surface area (Å²) in [5.41, 5.74) is 1.27. The number of aryl methyl sites for hydroxylation is 1. The summed E-state index contributed by atoms with van der Waals surface area (Å²) in [5, 5.41) is 13.9. The lowest BCUT2D eigenvalue weighted by molar-refractivity contribution is -0.118. The van der Waals surface area contributed by atoms with Crippen molar-refractivity contribution in [1.29, 1.82) is 0 Å². The summed E-state index contributed by atoms with van der Waals surface area (Å²) >= 11 is 6.23. The van der Waals surface area contributed by atoms with E-state index in [9.17, 15) is 14.7 Å². The normalized spacial score (nSPS) is 20.7. The van der Waals surface area contributed by atoms with Crippen LogP contribution in [0.5, 0.6) is 11.5 Å².